The van der Waals surface area contributed by atoms with Crippen molar-refractivity contribution in [1.29, 1.82) is 0 Å². The van der Waals surface area contributed by atoms with Crippen LogP contribution >= 0.6 is 0 Å². The van der Waals surface area contributed by atoms with Gasteiger partial charge in [0.05, 0.1) is 21.3 Å². The van der Waals surface area contributed by atoms with Crippen LogP contribution < -0.4 is 9.47 Å². The molecule has 0 aliphatic rings. The largest absolute Gasteiger partial charge is 0.493 e. The average molecular weight is 295 g/mol. The number of hydrogen-bond acceptors (Lipinski definition) is 5. The first kappa shape index (κ1) is 16.8. The fourth-order valence-corrected chi connectivity index (χ4v) is 1.82. The smallest absolute Gasteiger partial charge is 0.325 e. The quantitative estimate of drug-likeness (QED) is 0.709. The van der Waals surface area contributed by atoms with Gasteiger partial charge in [-0.2, -0.15) is 0 Å². The van der Waals surface area contributed by atoms with Crippen molar-refractivity contribution < 1.29 is 23.8 Å². The summed E-state index contributed by atoms with van der Waals surface area (Å²) < 4.78 is 14.9. The second-order valence-electron chi connectivity index (χ2n) is 4.52. The molecule has 0 spiro atoms. The van der Waals surface area contributed by atoms with Crippen molar-refractivity contribution in [1.82, 2.24) is 4.90 Å². The lowest BCUT2D eigenvalue weighted by Crippen LogP contribution is -2.32. The molecule has 116 valence electrons. The molecule has 0 aliphatic carbocycles. The van der Waals surface area contributed by atoms with E-state index in [0.29, 0.717) is 24.3 Å². The first-order chi connectivity index (χ1) is 10.0. The Balaban J connectivity index is 2.58. The molecule has 6 heteroatoms. The molecule has 0 aliphatic heterocycles. The number of carbonyl (C=O) groups is 2. The van der Waals surface area contributed by atoms with Crippen LogP contribution in [0.4, 0.5) is 0 Å². The van der Waals surface area contributed by atoms with Gasteiger partial charge in [-0.05, 0) is 24.1 Å². The molecule has 0 saturated carbocycles. The van der Waals surface area contributed by atoms with E-state index in [9.17, 15) is 9.59 Å². The SMILES string of the molecule is COC(=O)CN(C)C(=O)CCc1ccc(OC)c(OC)c1. The molecule has 0 bridgehead atoms. The van der Waals surface area contributed by atoms with Gasteiger partial charge < -0.3 is 19.1 Å². The zero-order valence-electron chi connectivity index (χ0n) is 12.8. The number of carbonyl (C=O) groups excluding carboxylic acids is 2. The van der Waals surface area contributed by atoms with Crippen LogP contribution in [-0.4, -0.2) is 51.7 Å². The van der Waals surface area contributed by atoms with Crippen LogP contribution in [0.2, 0.25) is 0 Å². The molecule has 0 heterocycles. The van der Waals surface area contributed by atoms with Crippen molar-refractivity contribution in [3.05, 3.63) is 23.8 Å². The Labute approximate surface area is 124 Å². The van der Waals surface area contributed by atoms with Crippen LogP contribution in [0, 0.1) is 0 Å². The molecule has 1 aromatic carbocycles. The fraction of sp³-hybridized carbons (Fsp3) is 0.467. The zero-order valence-corrected chi connectivity index (χ0v) is 12.8. The molecule has 21 heavy (non-hydrogen) atoms. The third-order valence-electron chi connectivity index (χ3n) is 3.10. The highest BCUT2D eigenvalue weighted by molar-refractivity contribution is 5.81. The lowest BCUT2D eigenvalue weighted by Gasteiger charge is -2.15. The van der Waals surface area contributed by atoms with E-state index in [2.05, 4.69) is 4.74 Å². The second-order valence-corrected chi connectivity index (χ2v) is 4.52. The van der Waals surface area contributed by atoms with Gasteiger partial charge in [0.1, 0.15) is 6.54 Å². The minimum Gasteiger partial charge on any atom is -0.493 e. The molecule has 0 N–H and O–H groups in total. The summed E-state index contributed by atoms with van der Waals surface area (Å²) in [6.45, 7) is -0.0404. The molecule has 0 fully saturated rings. The number of hydrogen-bond donors (Lipinski definition) is 0. The third-order valence-corrected chi connectivity index (χ3v) is 3.10. The van der Waals surface area contributed by atoms with Gasteiger partial charge in [0.25, 0.3) is 0 Å². The third kappa shape index (κ3) is 4.98. The monoisotopic (exact) mass is 295 g/mol. The molecular formula is C15H21NO5. The Hall–Kier alpha value is -2.24. The van der Waals surface area contributed by atoms with Crippen LogP contribution in [0.5, 0.6) is 11.5 Å². The standard InChI is InChI=1S/C15H21NO5/c1-16(10-15(18)21-4)14(17)8-6-11-5-7-12(19-2)13(9-11)20-3/h5,7,9H,6,8,10H2,1-4H3. The molecule has 1 amide bonds. The van der Waals surface area contributed by atoms with E-state index in [1.807, 2.05) is 12.1 Å². The first-order valence-electron chi connectivity index (χ1n) is 6.53. The molecule has 6 nitrogen and oxygen atoms in total. The summed E-state index contributed by atoms with van der Waals surface area (Å²) in [5.41, 5.74) is 0.965. The number of rotatable bonds is 7. The van der Waals surface area contributed by atoms with Crippen LogP contribution in [-0.2, 0) is 20.7 Å². The molecule has 0 aromatic heterocycles. The Morgan fingerprint density at radius 3 is 2.33 bits per heavy atom. The maximum Gasteiger partial charge on any atom is 0.325 e. The van der Waals surface area contributed by atoms with Crippen molar-refractivity contribution in [2.45, 2.75) is 12.8 Å². The summed E-state index contributed by atoms with van der Waals surface area (Å²) in [4.78, 5) is 24.4. The molecular weight excluding hydrogens is 274 g/mol. The molecule has 0 unspecified atom stereocenters. The number of esters is 1. The van der Waals surface area contributed by atoms with Gasteiger partial charge in [0.15, 0.2) is 11.5 Å². The minimum absolute atomic E-state index is 0.0404. The highest BCUT2D eigenvalue weighted by Crippen LogP contribution is 2.27. The Bertz CT molecular complexity index is 501. The molecule has 0 radical (unpaired) electrons. The summed E-state index contributed by atoms with van der Waals surface area (Å²) in [6, 6.07) is 5.53. The topological polar surface area (TPSA) is 65.1 Å². The summed E-state index contributed by atoms with van der Waals surface area (Å²) in [6.07, 6.45) is 0.869. The van der Waals surface area contributed by atoms with Gasteiger partial charge in [-0.3, -0.25) is 9.59 Å². The van der Waals surface area contributed by atoms with E-state index in [-0.39, 0.29) is 12.5 Å². The predicted octanol–water partition coefficient (Wildman–Crippen LogP) is 1.27. The number of methoxy groups -OCH3 is 3. The Morgan fingerprint density at radius 2 is 1.76 bits per heavy atom. The molecule has 1 rings (SSSR count). The Kier molecular flexibility index (Phi) is 6.52. The van der Waals surface area contributed by atoms with Gasteiger partial charge in [0.2, 0.25) is 5.91 Å². The van der Waals surface area contributed by atoms with E-state index < -0.39 is 5.97 Å². The number of nitrogens with zero attached hydrogens (tertiary/aromatic N) is 1. The summed E-state index contributed by atoms with van der Waals surface area (Å²) >= 11 is 0. The van der Waals surface area contributed by atoms with Crippen molar-refractivity contribution in [3.8, 4) is 11.5 Å². The van der Waals surface area contributed by atoms with Gasteiger partial charge >= 0.3 is 5.97 Å². The maximum absolute atomic E-state index is 11.9. The minimum atomic E-state index is -0.433. The van der Waals surface area contributed by atoms with E-state index in [1.165, 1.54) is 12.0 Å². The van der Waals surface area contributed by atoms with E-state index >= 15 is 0 Å². The average Bonchev–Trinajstić information content (AvgIpc) is 2.51. The van der Waals surface area contributed by atoms with E-state index in [0.717, 1.165) is 5.56 Å². The highest BCUT2D eigenvalue weighted by Gasteiger charge is 2.13. The van der Waals surface area contributed by atoms with Crippen LogP contribution in [0.3, 0.4) is 0 Å². The predicted molar refractivity (Wildman–Crippen MR) is 77.5 cm³/mol. The van der Waals surface area contributed by atoms with E-state index in [1.54, 1.807) is 27.3 Å². The maximum atomic E-state index is 11.9. The first-order valence-corrected chi connectivity index (χ1v) is 6.53. The molecule has 1 aromatic rings. The summed E-state index contributed by atoms with van der Waals surface area (Å²) in [7, 11) is 6.01. The van der Waals surface area contributed by atoms with E-state index in [4.69, 9.17) is 9.47 Å². The van der Waals surface area contributed by atoms with Gasteiger partial charge in [-0.15, -0.1) is 0 Å². The van der Waals surface area contributed by atoms with Crippen molar-refractivity contribution in [2.75, 3.05) is 34.9 Å². The van der Waals surface area contributed by atoms with Gasteiger partial charge in [-0.25, -0.2) is 0 Å². The van der Waals surface area contributed by atoms with Crippen LogP contribution in [0.15, 0.2) is 18.2 Å². The molecule has 0 saturated heterocycles. The van der Waals surface area contributed by atoms with Gasteiger partial charge in [0, 0.05) is 13.5 Å². The summed E-state index contributed by atoms with van der Waals surface area (Å²) in [5.74, 6) is 0.730. The zero-order chi connectivity index (χ0) is 15.8. The lowest BCUT2D eigenvalue weighted by molar-refractivity contribution is -0.146. The van der Waals surface area contributed by atoms with Crippen molar-refractivity contribution in [3.63, 3.8) is 0 Å². The summed E-state index contributed by atoms with van der Waals surface area (Å²) in [5, 5.41) is 0. The number of ether oxygens (including phenoxy) is 3. The van der Waals surface area contributed by atoms with Gasteiger partial charge in [-0.1, -0.05) is 6.07 Å². The lowest BCUT2D eigenvalue weighted by atomic mass is 10.1. The highest BCUT2D eigenvalue weighted by atomic mass is 16.5. The van der Waals surface area contributed by atoms with Crippen LogP contribution in [0.25, 0.3) is 0 Å². The molecule has 0 atom stereocenters. The Morgan fingerprint density at radius 1 is 1.10 bits per heavy atom. The second kappa shape index (κ2) is 8.14. The number of likely N-dealkylation sites (N-methyl/N-ethyl adjacent to an activating group) is 1. The normalized spacial score (nSPS) is 9.90. The van der Waals surface area contributed by atoms with Crippen molar-refractivity contribution >= 4 is 11.9 Å². The number of benzene rings is 1. The number of amides is 1. The fourth-order valence-electron chi connectivity index (χ4n) is 1.82. The van der Waals surface area contributed by atoms with Crippen molar-refractivity contribution in [2.24, 2.45) is 0 Å². The number of aryl methyl sites for hydroxylation is 1. The van der Waals surface area contributed by atoms with Crippen LogP contribution in [0.1, 0.15) is 12.0 Å².